The Morgan fingerprint density at radius 3 is 2.48 bits per heavy atom. The minimum atomic E-state index is -3.65. The van der Waals surface area contributed by atoms with Gasteiger partial charge in [-0.2, -0.15) is 4.31 Å². The molecule has 0 aliphatic carbocycles. The van der Waals surface area contributed by atoms with Crippen LogP contribution in [0, 0.1) is 0 Å². The fraction of sp³-hybridized carbons (Fsp3) is 0.625. The number of fused-ring (bicyclic) bond motifs is 1. The van der Waals surface area contributed by atoms with Crippen molar-refractivity contribution in [3.8, 4) is 11.5 Å². The highest BCUT2D eigenvalue weighted by molar-refractivity contribution is 7.89. The molecule has 0 bridgehead atoms. The van der Waals surface area contributed by atoms with E-state index in [0.717, 1.165) is 32.6 Å². The molecule has 0 amide bonds. The zero-order chi connectivity index (χ0) is 17.4. The van der Waals surface area contributed by atoms with Crippen molar-refractivity contribution in [3.05, 3.63) is 17.2 Å². The van der Waals surface area contributed by atoms with Crippen LogP contribution in [0.3, 0.4) is 0 Å². The van der Waals surface area contributed by atoms with Gasteiger partial charge >= 0.3 is 0 Å². The molecule has 1 unspecified atom stereocenters. The van der Waals surface area contributed by atoms with Crippen LogP contribution in [-0.4, -0.2) is 76.1 Å². The fourth-order valence-corrected chi connectivity index (χ4v) is 5.66. The second kappa shape index (κ2) is 6.92. The van der Waals surface area contributed by atoms with Crippen molar-refractivity contribution in [1.29, 1.82) is 0 Å². The number of halogens is 1. The van der Waals surface area contributed by atoms with Crippen molar-refractivity contribution < 1.29 is 17.9 Å². The summed E-state index contributed by atoms with van der Waals surface area (Å²) in [4.78, 5) is 2.47. The van der Waals surface area contributed by atoms with Gasteiger partial charge in [0.1, 0.15) is 18.1 Å². The predicted octanol–water partition coefficient (Wildman–Crippen LogP) is 0.779. The summed E-state index contributed by atoms with van der Waals surface area (Å²) in [5.41, 5.74) is 0. The summed E-state index contributed by atoms with van der Waals surface area (Å²) in [6, 6.07) is 3.30. The monoisotopic (exact) mass is 387 g/mol. The SMILES string of the molecule is O=S(=O)(c1cc2c(cc1Cl)OCCO2)N1CCC(N2CCNCC2)C1. The Kier molecular flexibility index (Phi) is 4.81. The Morgan fingerprint density at radius 2 is 1.76 bits per heavy atom. The Balaban J connectivity index is 1.56. The van der Waals surface area contributed by atoms with Gasteiger partial charge in [0.2, 0.25) is 10.0 Å². The molecule has 138 valence electrons. The molecule has 4 rings (SSSR count). The molecular weight excluding hydrogens is 366 g/mol. The molecule has 2 fully saturated rings. The maximum absolute atomic E-state index is 13.1. The lowest BCUT2D eigenvalue weighted by atomic mass is 10.2. The van der Waals surface area contributed by atoms with Gasteiger partial charge in [-0.1, -0.05) is 11.6 Å². The number of nitrogens with zero attached hydrogens (tertiary/aromatic N) is 2. The molecule has 0 radical (unpaired) electrons. The minimum Gasteiger partial charge on any atom is -0.486 e. The lowest BCUT2D eigenvalue weighted by Gasteiger charge is -2.32. The van der Waals surface area contributed by atoms with Gasteiger partial charge in [-0.3, -0.25) is 4.90 Å². The van der Waals surface area contributed by atoms with Crippen LogP contribution in [0.4, 0.5) is 0 Å². The van der Waals surface area contributed by atoms with Crippen LogP contribution >= 0.6 is 11.6 Å². The van der Waals surface area contributed by atoms with Crippen LogP contribution < -0.4 is 14.8 Å². The lowest BCUT2D eigenvalue weighted by Crippen LogP contribution is -2.49. The summed E-state index contributed by atoms with van der Waals surface area (Å²) in [6.45, 7) is 5.70. The van der Waals surface area contributed by atoms with Crippen molar-refractivity contribution in [3.63, 3.8) is 0 Å². The molecule has 0 saturated carbocycles. The minimum absolute atomic E-state index is 0.0966. The van der Waals surface area contributed by atoms with Crippen LogP contribution in [0.15, 0.2) is 17.0 Å². The van der Waals surface area contributed by atoms with Crippen LogP contribution in [0.5, 0.6) is 11.5 Å². The second-order valence-electron chi connectivity index (χ2n) is 6.52. The standard InChI is InChI=1S/C16H22ClN3O4S/c17-13-9-14-15(24-8-7-23-14)10-16(13)25(21,22)20-4-1-12(11-20)19-5-2-18-3-6-19/h9-10,12,18H,1-8,11H2. The highest BCUT2D eigenvalue weighted by atomic mass is 35.5. The van der Waals surface area contributed by atoms with Gasteiger partial charge in [0.15, 0.2) is 11.5 Å². The number of rotatable bonds is 3. The van der Waals surface area contributed by atoms with Crippen molar-refractivity contribution in [2.75, 3.05) is 52.5 Å². The number of benzene rings is 1. The topological polar surface area (TPSA) is 71.1 Å². The summed E-state index contributed by atoms with van der Waals surface area (Å²) in [5, 5.41) is 3.50. The molecule has 9 heteroatoms. The molecular formula is C16H22ClN3O4S. The number of hydrogen-bond donors (Lipinski definition) is 1. The average molecular weight is 388 g/mol. The van der Waals surface area contributed by atoms with Gasteiger partial charge in [0.05, 0.1) is 5.02 Å². The van der Waals surface area contributed by atoms with Gasteiger partial charge in [-0.15, -0.1) is 0 Å². The smallest absolute Gasteiger partial charge is 0.244 e. The van der Waals surface area contributed by atoms with E-state index in [-0.39, 0.29) is 16.0 Å². The quantitative estimate of drug-likeness (QED) is 0.826. The zero-order valence-corrected chi connectivity index (χ0v) is 15.5. The first-order chi connectivity index (χ1) is 12.1. The molecule has 7 nitrogen and oxygen atoms in total. The fourth-order valence-electron chi connectivity index (χ4n) is 3.66. The van der Waals surface area contributed by atoms with E-state index in [0.29, 0.717) is 37.8 Å². The van der Waals surface area contributed by atoms with E-state index in [1.54, 1.807) is 0 Å². The van der Waals surface area contributed by atoms with E-state index in [4.69, 9.17) is 21.1 Å². The molecule has 1 aromatic carbocycles. The zero-order valence-electron chi connectivity index (χ0n) is 13.9. The Bertz CT molecular complexity index is 752. The number of sulfonamides is 1. The normalized spacial score (nSPS) is 25.2. The van der Waals surface area contributed by atoms with Crippen LogP contribution in [0.1, 0.15) is 6.42 Å². The van der Waals surface area contributed by atoms with Gasteiger partial charge in [-0.05, 0) is 6.42 Å². The molecule has 0 aromatic heterocycles. The first-order valence-corrected chi connectivity index (χ1v) is 10.4. The van der Waals surface area contributed by atoms with Gasteiger partial charge in [0, 0.05) is 57.4 Å². The number of piperazine rings is 1. The third-order valence-electron chi connectivity index (χ3n) is 5.01. The average Bonchev–Trinajstić information content (AvgIpc) is 3.13. The molecule has 2 saturated heterocycles. The van der Waals surface area contributed by atoms with Crippen molar-refractivity contribution in [2.24, 2.45) is 0 Å². The van der Waals surface area contributed by atoms with Crippen molar-refractivity contribution >= 4 is 21.6 Å². The molecule has 1 atom stereocenters. The summed E-state index contributed by atoms with van der Waals surface area (Å²) < 4.78 is 38.7. The third-order valence-corrected chi connectivity index (χ3v) is 7.34. The summed E-state index contributed by atoms with van der Waals surface area (Å²) in [7, 11) is -3.65. The molecule has 1 N–H and O–H groups in total. The van der Waals surface area contributed by atoms with Crippen molar-refractivity contribution in [1.82, 2.24) is 14.5 Å². The van der Waals surface area contributed by atoms with Crippen LogP contribution in [-0.2, 0) is 10.0 Å². The second-order valence-corrected chi connectivity index (χ2v) is 8.83. The van der Waals surface area contributed by atoms with Crippen LogP contribution in [0.2, 0.25) is 5.02 Å². The summed E-state index contributed by atoms with van der Waals surface area (Å²) in [6.07, 6.45) is 0.849. The molecule has 3 heterocycles. The Morgan fingerprint density at radius 1 is 1.08 bits per heavy atom. The lowest BCUT2D eigenvalue weighted by molar-refractivity contribution is 0.171. The van der Waals surface area contributed by atoms with Gasteiger partial charge in [0.25, 0.3) is 0 Å². The van der Waals surface area contributed by atoms with E-state index in [9.17, 15) is 8.42 Å². The molecule has 3 aliphatic rings. The molecule has 3 aliphatic heterocycles. The van der Waals surface area contributed by atoms with Gasteiger partial charge in [-0.25, -0.2) is 8.42 Å². The number of hydrogen-bond acceptors (Lipinski definition) is 6. The maximum Gasteiger partial charge on any atom is 0.244 e. The van der Waals surface area contributed by atoms with Crippen LogP contribution in [0.25, 0.3) is 0 Å². The van der Waals surface area contributed by atoms with Gasteiger partial charge < -0.3 is 14.8 Å². The molecule has 1 aromatic rings. The van der Waals surface area contributed by atoms with E-state index in [2.05, 4.69) is 10.2 Å². The first kappa shape index (κ1) is 17.4. The van der Waals surface area contributed by atoms with E-state index < -0.39 is 10.0 Å². The largest absolute Gasteiger partial charge is 0.486 e. The third kappa shape index (κ3) is 3.33. The number of ether oxygens (including phenoxy) is 2. The van der Waals surface area contributed by atoms with E-state index in [1.807, 2.05) is 0 Å². The predicted molar refractivity (Wildman–Crippen MR) is 94.0 cm³/mol. The molecule has 0 spiro atoms. The van der Waals surface area contributed by atoms with Crippen molar-refractivity contribution in [2.45, 2.75) is 17.4 Å². The first-order valence-electron chi connectivity index (χ1n) is 8.60. The Labute approximate surface area is 152 Å². The summed E-state index contributed by atoms with van der Waals surface area (Å²) in [5.74, 6) is 0.933. The highest BCUT2D eigenvalue weighted by Gasteiger charge is 2.37. The maximum atomic E-state index is 13.1. The number of nitrogens with one attached hydrogen (secondary N) is 1. The highest BCUT2D eigenvalue weighted by Crippen LogP contribution is 2.39. The van der Waals surface area contributed by atoms with E-state index >= 15 is 0 Å². The Hall–Kier alpha value is -1.06. The molecule has 25 heavy (non-hydrogen) atoms. The summed E-state index contributed by atoms with van der Waals surface area (Å²) >= 11 is 6.25. The van der Waals surface area contributed by atoms with E-state index in [1.165, 1.54) is 16.4 Å².